The van der Waals surface area contributed by atoms with Crippen LogP contribution in [0.25, 0.3) is 4.91 Å². The summed E-state index contributed by atoms with van der Waals surface area (Å²) in [6.45, 7) is 0. The molecule has 0 saturated heterocycles. The molecule has 3 nitrogen and oxygen atoms in total. The van der Waals surface area contributed by atoms with Crippen LogP contribution >= 0.6 is 11.8 Å². The highest BCUT2D eigenvalue weighted by Crippen LogP contribution is 2.32. The third-order valence-electron chi connectivity index (χ3n) is 3.15. The lowest BCUT2D eigenvalue weighted by Crippen LogP contribution is -2.03. The Balaban J connectivity index is 2.03. The lowest BCUT2D eigenvalue weighted by Gasteiger charge is -2.07. The number of benzene rings is 2. The largest absolute Gasteiger partial charge is 0.464 e. The lowest BCUT2D eigenvalue weighted by molar-refractivity contribution is 0.553. The molecule has 116 valence electrons. The molecule has 0 aliphatic heterocycles. The zero-order chi connectivity index (χ0) is 16.1. The molecule has 1 heterocycles. The minimum atomic E-state index is -3.65. The average molecular weight is 342 g/mol. The molecule has 23 heavy (non-hydrogen) atoms. The number of furan rings is 1. The Morgan fingerprint density at radius 1 is 0.870 bits per heavy atom. The summed E-state index contributed by atoms with van der Waals surface area (Å²) in [5, 5.41) is 1.62. The zero-order valence-electron chi connectivity index (χ0n) is 12.1. The van der Waals surface area contributed by atoms with Crippen molar-refractivity contribution in [1.29, 1.82) is 0 Å². The molecule has 0 spiro atoms. The van der Waals surface area contributed by atoms with Crippen LogP contribution in [0.2, 0.25) is 0 Å². The average Bonchev–Trinajstić information content (AvgIpc) is 3.11. The topological polar surface area (TPSA) is 47.3 Å². The molecular formula is C18H14O3S2. The van der Waals surface area contributed by atoms with Gasteiger partial charge in [-0.25, -0.2) is 8.42 Å². The first kappa shape index (κ1) is 15.6. The highest BCUT2D eigenvalue weighted by molar-refractivity contribution is 8.05. The third kappa shape index (κ3) is 3.57. The lowest BCUT2D eigenvalue weighted by atomic mass is 10.4. The molecule has 3 rings (SSSR count). The van der Waals surface area contributed by atoms with E-state index in [0.29, 0.717) is 5.76 Å². The summed E-state index contributed by atoms with van der Waals surface area (Å²) in [4.78, 5) is 1.36. The van der Waals surface area contributed by atoms with Gasteiger partial charge in [-0.3, -0.25) is 0 Å². The summed E-state index contributed by atoms with van der Waals surface area (Å²) in [7, 11) is -3.65. The van der Waals surface area contributed by atoms with Crippen LogP contribution in [0, 0.1) is 0 Å². The van der Waals surface area contributed by atoms with Crippen molar-refractivity contribution in [3.63, 3.8) is 0 Å². The van der Waals surface area contributed by atoms with Gasteiger partial charge in [-0.05, 0) is 41.8 Å². The van der Waals surface area contributed by atoms with Gasteiger partial charge in [0, 0.05) is 4.90 Å². The molecule has 0 unspecified atom stereocenters. The first-order chi connectivity index (χ1) is 11.2. The Bertz CT molecular complexity index is 882. The molecule has 0 bridgehead atoms. The molecule has 3 aromatic rings. The van der Waals surface area contributed by atoms with Crippen LogP contribution in [0.15, 0.2) is 98.7 Å². The van der Waals surface area contributed by atoms with Crippen LogP contribution in [0.3, 0.4) is 0 Å². The number of rotatable bonds is 5. The minimum absolute atomic E-state index is 0.155. The molecule has 1 aromatic heterocycles. The molecule has 0 saturated carbocycles. The van der Waals surface area contributed by atoms with E-state index in [2.05, 4.69) is 0 Å². The highest BCUT2D eigenvalue weighted by atomic mass is 32.2. The summed E-state index contributed by atoms with van der Waals surface area (Å²) < 4.78 is 31.2. The Kier molecular flexibility index (Phi) is 4.69. The highest BCUT2D eigenvalue weighted by Gasteiger charge is 2.24. The Labute approximate surface area is 139 Å². The fourth-order valence-electron chi connectivity index (χ4n) is 2.02. The van der Waals surface area contributed by atoms with Crippen LogP contribution in [-0.4, -0.2) is 8.42 Å². The second-order valence-electron chi connectivity index (χ2n) is 4.71. The van der Waals surface area contributed by atoms with Crippen LogP contribution < -0.4 is 0 Å². The summed E-state index contributed by atoms with van der Waals surface area (Å²) in [5.74, 6) is 0.331. The van der Waals surface area contributed by atoms with E-state index in [1.807, 2.05) is 30.3 Å². The molecule has 5 heteroatoms. The second-order valence-corrected chi connectivity index (χ2v) is 7.57. The molecule has 0 atom stereocenters. The molecule has 0 amide bonds. The van der Waals surface area contributed by atoms with E-state index in [0.717, 1.165) is 4.90 Å². The van der Waals surface area contributed by atoms with Gasteiger partial charge in [-0.15, -0.1) is 0 Å². The first-order valence-corrected chi connectivity index (χ1v) is 9.30. The third-order valence-corrected chi connectivity index (χ3v) is 5.99. The van der Waals surface area contributed by atoms with Gasteiger partial charge < -0.3 is 4.42 Å². The molecule has 0 fully saturated rings. The van der Waals surface area contributed by atoms with Crippen molar-refractivity contribution < 1.29 is 12.8 Å². The van der Waals surface area contributed by atoms with Crippen molar-refractivity contribution in [3.05, 3.63) is 90.2 Å². The summed E-state index contributed by atoms with van der Waals surface area (Å²) >= 11 is 1.35. The van der Waals surface area contributed by atoms with Crippen molar-refractivity contribution in [2.24, 2.45) is 0 Å². The van der Waals surface area contributed by atoms with Gasteiger partial charge in [0.15, 0.2) is 0 Å². The standard InChI is InChI=1S/C18H14O3S2/c19-23(20,16-10-5-2-6-11-16)18(17-12-7-13-21-17)14-22-15-8-3-1-4-9-15/h1-14H/b18-14+. The van der Waals surface area contributed by atoms with Crippen LogP contribution in [0.4, 0.5) is 0 Å². The monoisotopic (exact) mass is 342 g/mol. The smallest absolute Gasteiger partial charge is 0.210 e. The SMILES string of the molecule is O=S(=O)(/C(=C/Sc1ccccc1)c1ccco1)c1ccccc1. The molecular weight excluding hydrogens is 328 g/mol. The van der Waals surface area contributed by atoms with Crippen molar-refractivity contribution in [1.82, 2.24) is 0 Å². The van der Waals surface area contributed by atoms with Crippen molar-refractivity contribution in [3.8, 4) is 0 Å². The van der Waals surface area contributed by atoms with Crippen molar-refractivity contribution >= 4 is 26.5 Å². The van der Waals surface area contributed by atoms with Crippen molar-refractivity contribution in [2.45, 2.75) is 9.79 Å². The van der Waals surface area contributed by atoms with E-state index < -0.39 is 9.84 Å². The van der Waals surface area contributed by atoms with E-state index in [9.17, 15) is 8.42 Å². The fraction of sp³-hybridized carbons (Fsp3) is 0. The second kappa shape index (κ2) is 6.89. The Morgan fingerprint density at radius 3 is 2.13 bits per heavy atom. The van der Waals surface area contributed by atoms with Gasteiger partial charge in [0.1, 0.15) is 10.7 Å². The van der Waals surface area contributed by atoms with E-state index >= 15 is 0 Å². The molecule has 0 radical (unpaired) electrons. The van der Waals surface area contributed by atoms with E-state index in [4.69, 9.17) is 4.42 Å². The van der Waals surface area contributed by atoms with Gasteiger partial charge in [0.2, 0.25) is 9.84 Å². The van der Waals surface area contributed by atoms with E-state index in [1.165, 1.54) is 18.0 Å². The fourth-order valence-corrected chi connectivity index (χ4v) is 4.49. The van der Waals surface area contributed by atoms with Crippen LogP contribution in [0.5, 0.6) is 0 Å². The quantitative estimate of drug-likeness (QED) is 0.622. The van der Waals surface area contributed by atoms with Gasteiger partial charge >= 0.3 is 0 Å². The summed E-state index contributed by atoms with van der Waals surface area (Å²) in [5.41, 5.74) is 0. The maximum Gasteiger partial charge on any atom is 0.210 e. The van der Waals surface area contributed by atoms with Gasteiger partial charge in [-0.1, -0.05) is 48.2 Å². The van der Waals surface area contributed by atoms with Crippen molar-refractivity contribution in [2.75, 3.05) is 0 Å². The predicted octanol–water partition coefficient (Wildman–Crippen LogP) is 4.84. The number of sulfone groups is 1. The number of thioether (sulfide) groups is 1. The molecule has 2 aromatic carbocycles. The molecule has 0 aliphatic rings. The Hall–Kier alpha value is -2.24. The number of hydrogen-bond donors (Lipinski definition) is 0. The molecule has 0 N–H and O–H groups in total. The number of hydrogen-bond acceptors (Lipinski definition) is 4. The predicted molar refractivity (Wildman–Crippen MR) is 92.6 cm³/mol. The Morgan fingerprint density at radius 2 is 1.52 bits per heavy atom. The maximum atomic E-state index is 12.9. The maximum absolute atomic E-state index is 12.9. The van der Waals surface area contributed by atoms with Crippen LogP contribution in [0.1, 0.15) is 5.76 Å². The molecule has 0 aliphatic carbocycles. The van der Waals surface area contributed by atoms with E-state index in [1.54, 1.807) is 47.9 Å². The minimum Gasteiger partial charge on any atom is -0.464 e. The van der Waals surface area contributed by atoms with Gasteiger partial charge in [0.25, 0.3) is 0 Å². The van der Waals surface area contributed by atoms with E-state index in [-0.39, 0.29) is 9.80 Å². The normalized spacial score (nSPS) is 12.3. The summed E-state index contributed by atoms with van der Waals surface area (Å²) in [6, 6.07) is 21.3. The van der Waals surface area contributed by atoms with Gasteiger partial charge in [-0.2, -0.15) is 0 Å². The first-order valence-electron chi connectivity index (χ1n) is 6.94. The summed E-state index contributed by atoms with van der Waals surface area (Å²) in [6.07, 6.45) is 1.47. The zero-order valence-corrected chi connectivity index (χ0v) is 13.8. The van der Waals surface area contributed by atoms with Gasteiger partial charge in [0.05, 0.1) is 11.2 Å². The van der Waals surface area contributed by atoms with Crippen LogP contribution in [-0.2, 0) is 9.84 Å².